The molecule has 126 valence electrons. The Hall–Kier alpha value is -2.76. The number of rotatable bonds is 6. The van der Waals surface area contributed by atoms with Crippen LogP contribution in [0, 0.1) is 0 Å². The molecule has 1 aliphatic rings. The minimum atomic E-state index is -0.576. The second kappa shape index (κ2) is 7.21. The van der Waals surface area contributed by atoms with Gasteiger partial charge in [-0.2, -0.15) is 0 Å². The molecule has 1 aliphatic carbocycles. The van der Waals surface area contributed by atoms with Crippen LogP contribution < -0.4 is 4.74 Å². The number of aryl methyl sites for hydroxylation is 2. The van der Waals surface area contributed by atoms with Gasteiger partial charge in [-0.25, -0.2) is 9.59 Å². The van der Waals surface area contributed by atoms with E-state index < -0.39 is 11.9 Å². The number of carbonyl (C=O) groups is 2. The zero-order valence-corrected chi connectivity index (χ0v) is 13.4. The Bertz CT molecular complexity index is 746. The number of esters is 2. The van der Waals surface area contributed by atoms with Crippen molar-refractivity contribution in [3.8, 4) is 5.75 Å². The minimum Gasteiger partial charge on any atom is -0.482 e. The smallest absolute Gasteiger partial charge is 0.373 e. The van der Waals surface area contributed by atoms with Crippen molar-refractivity contribution in [3.63, 3.8) is 0 Å². The summed E-state index contributed by atoms with van der Waals surface area (Å²) in [4.78, 5) is 23.0. The Morgan fingerprint density at radius 3 is 2.79 bits per heavy atom. The molecule has 24 heavy (non-hydrogen) atoms. The van der Waals surface area contributed by atoms with Gasteiger partial charge in [-0.15, -0.1) is 0 Å². The molecule has 0 fully saturated rings. The normalized spacial score (nSPS) is 12.5. The number of ether oxygens (including phenoxy) is 3. The highest BCUT2D eigenvalue weighted by molar-refractivity contribution is 5.86. The van der Waals surface area contributed by atoms with Gasteiger partial charge in [0.15, 0.2) is 6.61 Å². The predicted molar refractivity (Wildman–Crippen MR) is 83.8 cm³/mol. The van der Waals surface area contributed by atoms with Gasteiger partial charge in [0.25, 0.3) is 0 Å². The van der Waals surface area contributed by atoms with E-state index >= 15 is 0 Å². The van der Waals surface area contributed by atoms with Crippen LogP contribution in [0.25, 0.3) is 0 Å². The van der Waals surface area contributed by atoms with Crippen molar-refractivity contribution in [3.05, 3.63) is 53.0 Å². The van der Waals surface area contributed by atoms with Crippen LogP contribution in [-0.4, -0.2) is 25.7 Å². The predicted octanol–water partition coefficient (Wildman–Crippen LogP) is 2.68. The van der Waals surface area contributed by atoms with Gasteiger partial charge in [0.05, 0.1) is 7.11 Å². The Morgan fingerprint density at radius 1 is 1.12 bits per heavy atom. The van der Waals surface area contributed by atoms with Crippen molar-refractivity contribution >= 4 is 11.9 Å². The maximum atomic E-state index is 11.7. The summed E-state index contributed by atoms with van der Waals surface area (Å²) >= 11 is 0. The largest absolute Gasteiger partial charge is 0.482 e. The van der Waals surface area contributed by atoms with Gasteiger partial charge >= 0.3 is 11.9 Å². The molecule has 0 radical (unpaired) electrons. The Balaban J connectivity index is 1.46. The highest BCUT2D eigenvalue weighted by atomic mass is 16.6. The van der Waals surface area contributed by atoms with Gasteiger partial charge in [0, 0.05) is 0 Å². The lowest BCUT2D eigenvalue weighted by molar-refractivity contribution is -0.147. The summed E-state index contributed by atoms with van der Waals surface area (Å²) < 4.78 is 20.3. The number of hydrogen-bond donors (Lipinski definition) is 0. The third-order valence-corrected chi connectivity index (χ3v) is 3.85. The molecule has 0 spiro atoms. The first-order chi connectivity index (χ1) is 11.7. The molecule has 1 aromatic heterocycles. The van der Waals surface area contributed by atoms with E-state index in [0.717, 1.165) is 19.3 Å². The molecule has 2 aromatic rings. The second-order valence-corrected chi connectivity index (χ2v) is 5.49. The van der Waals surface area contributed by atoms with Crippen LogP contribution in [0.3, 0.4) is 0 Å². The van der Waals surface area contributed by atoms with Gasteiger partial charge in [-0.1, -0.05) is 6.07 Å². The summed E-state index contributed by atoms with van der Waals surface area (Å²) in [6.07, 6.45) is 3.32. The number of hydrogen-bond acceptors (Lipinski definition) is 6. The topological polar surface area (TPSA) is 75.0 Å². The first-order valence-corrected chi connectivity index (χ1v) is 7.73. The molecule has 0 saturated carbocycles. The number of carbonyl (C=O) groups excluding carboxylic acids is 2. The van der Waals surface area contributed by atoms with Gasteiger partial charge in [0.2, 0.25) is 5.76 Å². The molecule has 0 amide bonds. The van der Waals surface area contributed by atoms with Crippen LogP contribution in [0.2, 0.25) is 0 Å². The molecule has 0 atom stereocenters. The summed E-state index contributed by atoms with van der Waals surface area (Å²) in [7, 11) is 1.26. The molecule has 6 nitrogen and oxygen atoms in total. The quantitative estimate of drug-likeness (QED) is 0.758. The van der Waals surface area contributed by atoms with Crippen molar-refractivity contribution in [2.75, 3.05) is 13.7 Å². The van der Waals surface area contributed by atoms with Crippen LogP contribution in [-0.2, 0) is 33.7 Å². The third-order valence-electron chi connectivity index (χ3n) is 3.85. The molecular weight excluding hydrogens is 312 g/mol. The first-order valence-electron chi connectivity index (χ1n) is 7.73. The summed E-state index contributed by atoms with van der Waals surface area (Å²) in [5.74, 6) is 0.0110. The van der Waals surface area contributed by atoms with Crippen molar-refractivity contribution in [2.45, 2.75) is 25.9 Å². The number of furan rings is 1. The van der Waals surface area contributed by atoms with Crippen molar-refractivity contribution in [2.24, 2.45) is 0 Å². The molecular formula is C18H18O6. The number of methoxy groups -OCH3 is 1. The second-order valence-electron chi connectivity index (χ2n) is 5.49. The maximum Gasteiger partial charge on any atom is 0.373 e. The zero-order valence-electron chi connectivity index (χ0n) is 13.4. The highest BCUT2D eigenvalue weighted by Gasteiger charge is 2.14. The van der Waals surface area contributed by atoms with E-state index in [-0.39, 0.29) is 19.0 Å². The fourth-order valence-corrected chi connectivity index (χ4v) is 2.64. The van der Waals surface area contributed by atoms with E-state index in [0.29, 0.717) is 11.5 Å². The third kappa shape index (κ3) is 3.76. The van der Waals surface area contributed by atoms with Crippen LogP contribution in [0.1, 0.15) is 33.9 Å². The molecule has 0 unspecified atom stereocenters. The summed E-state index contributed by atoms with van der Waals surface area (Å²) in [5, 5.41) is 0. The Morgan fingerprint density at radius 2 is 1.96 bits per heavy atom. The molecule has 1 aromatic carbocycles. The van der Waals surface area contributed by atoms with Gasteiger partial charge in [0.1, 0.15) is 18.1 Å². The van der Waals surface area contributed by atoms with Crippen molar-refractivity contribution in [1.82, 2.24) is 0 Å². The van der Waals surface area contributed by atoms with Crippen LogP contribution in [0.5, 0.6) is 5.75 Å². The maximum absolute atomic E-state index is 11.7. The molecule has 0 aliphatic heterocycles. The zero-order chi connectivity index (χ0) is 16.9. The lowest BCUT2D eigenvalue weighted by Crippen LogP contribution is -2.14. The fourth-order valence-electron chi connectivity index (χ4n) is 2.64. The summed E-state index contributed by atoms with van der Waals surface area (Å²) in [5.41, 5.74) is 2.64. The Kier molecular flexibility index (Phi) is 4.84. The van der Waals surface area contributed by atoms with E-state index in [4.69, 9.17) is 13.9 Å². The van der Waals surface area contributed by atoms with Gasteiger partial charge < -0.3 is 18.6 Å². The van der Waals surface area contributed by atoms with Gasteiger partial charge in [-0.3, -0.25) is 0 Å². The van der Waals surface area contributed by atoms with E-state index in [1.54, 1.807) is 6.07 Å². The molecule has 0 saturated heterocycles. The van der Waals surface area contributed by atoms with Crippen molar-refractivity contribution in [1.29, 1.82) is 0 Å². The van der Waals surface area contributed by atoms with Crippen LogP contribution >= 0.6 is 0 Å². The van der Waals surface area contributed by atoms with E-state index in [2.05, 4.69) is 4.74 Å². The fraction of sp³-hybridized carbons (Fsp3) is 0.333. The number of benzene rings is 1. The van der Waals surface area contributed by atoms with E-state index in [1.807, 2.05) is 18.2 Å². The monoisotopic (exact) mass is 330 g/mol. The lowest BCUT2D eigenvalue weighted by atomic mass is 10.1. The van der Waals surface area contributed by atoms with Gasteiger partial charge in [-0.05, 0) is 54.7 Å². The highest BCUT2D eigenvalue weighted by Crippen LogP contribution is 2.26. The number of fused-ring (bicyclic) bond motifs is 1. The first kappa shape index (κ1) is 16.1. The Labute approximate surface area is 139 Å². The summed E-state index contributed by atoms with van der Waals surface area (Å²) in [6, 6.07) is 8.91. The molecule has 1 heterocycles. The van der Waals surface area contributed by atoms with Crippen LogP contribution in [0.4, 0.5) is 0 Å². The lowest BCUT2D eigenvalue weighted by Gasteiger charge is -2.08. The average Bonchev–Trinajstić information content (AvgIpc) is 3.26. The molecule has 0 N–H and O–H groups in total. The van der Waals surface area contributed by atoms with Crippen molar-refractivity contribution < 1.29 is 28.2 Å². The SMILES string of the molecule is COC(=O)c1ccc(COC(=O)COc2ccc3c(c2)CCC3)o1. The summed E-state index contributed by atoms with van der Waals surface area (Å²) in [6.45, 7) is -0.243. The van der Waals surface area contributed by atoms with E-state index in [9.17, 15) is 9.59 Å². The van der Waals surface area contributed by atoms with E-state index in [1.165, 1.54) is 24.3 Å². The standard InChI is InChI=1S/C18H18O6/c1-21-18(20)16-8-7-15(24-16)10-23-17(19)11-22-14-6-5-12-3-2-4-13(12)9-14/h5-9H,2-4,10-11H2,1H3. The molecule has 3 rings (SSSR count). The molecule has 6 heteroatoms. The average molecular weight is 330 g/mol. The van der Waals surface area contributed by atoms with Crippen LogP contribution in [0.15, 0.2) is 34.7 Å². The molecule has 0 bridgehead atoms. The minimum absolute atomic E-state index is 0.0661.